The second kappa shape index (κ2) is 7.42. The third-order valence-corrected chi connectivity index (χ3v) is 4.57. The Labute approximate surface area is 130 Å². The highest BCUT2D eigenvalue weighted by Crippen LogP contribution is 2.25. The van der Waals surface area contributed by atoms with Crippen molar-refractivity contribution < 1.29 is 22.8 Å². The van der Waals surface area contributed by atoms with Crippen LogP contribution in [0, 0.1) is 13.8 Å². The number of aryl methyl sites for hydroxylation is 2. The van der Waals surface area contributed by atoms with Gasteiger partial charge in [-0.2, -0.15) is 0 Å². The van der Waals surface area contributed by atoms with Gasteiger partial charge in [-0.15, -0.1) is 0 Å². The standard InChI is InChI=1S/C13H20ClNO5S/c1-4-15(21(17,18)19)7-11(16)8-20-12-5-9(2)13(14)10(3)6-12/h5-6,11,16H,4,7-8H2,1-3H3,(H,17,18,19)/p-1. The molecule has 6 nitrogen and oxygen atoms in total. The minimum atomic E-state index is -4.56. The largest absolute Gasteiger partial charge is 0.735 e. The zero-order valence-electron chi connectivity index (χ0n) is 12.2. The fourth-order valence-corrected chi connectivity index (χ4v) is 2.63. The van der Waals surface area contributed by atoms with E-state index in [2.05, 4.69) is 0 Å². The molecule has 0 aromatic heterocycles. The minimum Gasteiger partial charge on any atom is -0.735 e. The average molecular weight is 337 g/mol. The van der Waals surface area contributed by atoms with E-state index in [1.807, 2.05) is 13.8 Å². The maximum atomic E-state index is 10.9. The molecule has 1 aromatic rings. The van der Waals surface area contributed by atoms with E-state index < -0.39 is 16.4 Å². The van der Waals surface area contributed by atoms with Crippen LogP contribution in [0.2, 0.25) is 5.02 Å². The fourth-order valence-electron chi connectivity index (χ4n) is 1.85. The first-order valence-corrected chi connectivity index (χ1v) is 8.18. The highest BCUT2D eigenvalue weighted by Gasteiger charge is 2.16. The van der Waals surface area contributed by atoms with E-state index in [1.54, 1.807) is 12.1 Å². The Hall–Kier alpha value is -0.860. The molecule has 0 spiro atoms. The van der Waals surface area contributed by atoms with Crippen molar-refractivity contribution in [2.45, 2.75) is 26.9 Å². The van der Waals surface area contributed by atoms with Gasteiger partial charge in [0, 0.05) is 18.1 Å². The van der Waals surface area contributed by atoms with Gasteiger partial charge in [0.2, 0.25) is 0 Å². The van der Waals surface area contributed by atoms with Gasteiger partial charge in [-0.1, -0.05) is 18.5 Å². The van der Waals surface area contributed by atoms with Crippen LogP contribution in [0.4, 0.5) is 0 Å². The predicted molar refractivity (Wildman–Crippen MR) is 79.4 cm³/mol. The van der Waals surface area contributed by atoms with Crippen LogP contribution in [0.25, 0.3) is 0 Å². The number of hydrogen-bond donors (Lipinski definition) is 1. The first kappa shape index (κ1) is 18.2. The Morgan fingerprint density at radius 1 is 1.38 bits per heavy atom. The van der Waals surface area contributed by atoms with Crippen molar-refractivity contribution in [1.82, 2.24) is 4.31 Å². The maximum Gasteiger partial charge on any atom is 0.162 e. The van der Waals surface area contributed by atoms with Crippen LogP contribution < -0.4 is 4.74 Å². The SMILES string of the molecule is CCN(CC(O)COc1cc(C)c(Cl)c(C)c1)S(=O)(=O)[O-]. The first-order valence-electron chi connectivity index (χ1n) is 6.43. The van der Waals surface area contributed by atoms with Crippen molar-refractivity contribution in [3.63, 3.8) is 0 Å². The molecule has 0 aliphatic rings. The van der Waals surface area contributed by atoms with E-state index in [9.17, 15) is 18.1 Å². The van der Waals surface area contributed by atoms with Gasteiger partial charge >= 0.3 is 0 Å². The molecule has 0 amide bonds. The Kier molecular flexibility index (Phi) is 6.42. The van der Waals surface area contributed by atoms with Crippen molar-refractivity contribution in [2.75, 3.05) is 19.7 Å². The van der Waals surface area contributed by atoms with Gasteiger partial charge in [0.05, 0.1) is 0 Å². The van der Waals surface area contributed by atoms with Crippen molar-refractivity contribution >= 4 is 21.9 Å². The van der Waals surface area contributed by atoms with E-state index in [1.165, 1.54) is 6.92 Å². The van der Waals surface area contributed by atoms with Crippen molar-refractivity contribution in [3.8, 4) is 5.75 Å². The Morgan fingerprint density at radius 3 is 2.33 bits per heavy atom. The summed E-state index contributed by atoms with van der Waals surface area (Å²) in [6.45, 7) is 4.78. The van der Waals surface area contributed by atoms with Gasteiger partial charge in [0.1, 0.15) is 18.5 Å². The van der Waals surface area contributed by atoms with Crippen LogP contribution in [0.1, 0.15) is 18.1 Å². The summed E-state index contributed by atoms with van der Waals surface area (Å²) >= 11 is 6.04. The van der Waals surface area contributed by atoms with Gasteiger partial charge < -0.3 is 14.4 Å². The summed E-state index contributed by atoms with van der Waals surface area (Å²) in [6, 6.07) is 3.45. The monoisotopic (exact) mass is 336 g/mol. The molecule has 0 aliphatic carbocycles. The number of aliphatic hydroxyl groups is 1. The molecule has 0 aliphatic heterocycles. The number of nitrogens with zero attached hydrogens (tertiary/aromatic N) is 1. The summed E-state index contributed by atoms with van der Waals surface area (Å²) in [6.07, 6.45) is -1.09. The van der Waals surface area contributed by atoms with Gasteiger partial charge in [0.25, 0.3) is 0 Å². The minimum absolute atomic E-state index is 0.00204. The number of rotatable bonds is 7. The fraction of sp³-hybridized carbons (Fsp3) is 0.538. The van der Waals surface area contributed by atoms with Crippen LogP contribution in [-0.4, -0.2) is 48.2 Å². The number of benzene rings is 1. The van der Waals surface area contributed by atoms with Gasteiger partial charge in [0.15, 0.2) is 10.3 Å². The lowest BCUT2D eigenvalue weighted by atomic mass is 10.1. The van der Waals surface area contributed by atoms with Crippen molar-refractivity contribution in [2.24, 2.45) is 0 Å². The third kappa shape index (κ3) is 5.44. The summed E-state index contributed by atoms with van der Waals surface area (Å²) in [5.41, 5.74) is 1.69. The summed E-state index contributed by atoms with van der Waals surface area (Å²) in [7, 11) is -4.56. The van der Waals surface area contributed by atoms with E-state index in [-0.39, 0.29) is 19.7 Å². The third-order valence-electron chi connectivity index (χ3n) is 2.94. The van der Waals surface area contributed by atoms with Crippen molar-refractivity contribution in [3.05, 3.63) is 28.3 Å². The lowest BCUT2D eigenvalue weighted by molar-refractivity contribution is 0.0879. The molecule has 1 unspecified atom stereocenters. The Bertz CT molecular complexity index is 567. The van der Waals surface area contributed by atoms with Crippen LogP contribution in [0.3, 0.4) is 0 Å². The quantitative estimate of drug-likeness (QED) is 0.762. The summed E-state index contributed by atoms with van der Waals surface area (Å²) in [5, 5.41) is 10.4. The molecule has 1 rings (SSSR count). The molecule has 8 heteroatoms. The normalized spacial score (nSPS) is 13.5. The molecule has 0 fully saturated rings. The molecular weight excluding hydrogens is 318 g/mol. The van der Waals surface area contributed by atoms with Crippen LogP contribution in [0.15, 0.2) is 12.1 Å². The Balaban J connectivity index is 2.63. The Morgan fingerprint density at radius 2 is 1.90 bits per heavy atom. The van der Waals surface area contributed by atoms with Gasteiger partial charge in [-0.3, -0.25) is 0 Å². The van der Waals surface area contributed by atoms with E-state index >= 15 is 0 Å². The second-order valence-corrected chi connectivity index (χ2v) is 6.49. The van der Waals surface area contributed by atoms with E-state index in [0.717, 1.165) is 11.1 Å². The van der Waals surface area contributed by atoms with Crippen LogP contribution in [0.5, 0.6) is 5.75 Å². The highest BCUT2D eigenvalue weighted by molar-refractivity contribution is 7.83. The summed E-state index contributed by atoms with van der Waals surface area (Å²) in [5.74, 6) is 0.529. The molecule has 1 aromatic carbocycles. The lowest BCUT2D eigenvalue weighted by Gasteiger charge is -2.25. The second-order valence-electron chi connectivity index (χ2n) is 4.74. The summed E-state index contributed by atoms with van der Waals surface area (Å²) < 4.78 is 38.8. The molecule has 0 radical (unpaired) electrons. The summed E-state index contributed by atoms with van der Waals surface area (Å²) in [4.78, 5) is 0. The molecule has 120 valence electrons. The molecule has 1 atom stereocenters. The van der Waals surface area contributed by atoms with Crippen LogP contribution >= 0.6 is 11.6 Å². The molecule has 1 N–H and O–H groups in total. The topological polar surface area (TPSA) is 89.9 Å². The van der Waals surface area contributed by atoms with E-state index in [0.29, 0.717) is 15.1 Å². The number of likely N-dealkylation sites (N-methyl/N-ethyl adjacent to an activating group) is 1. The molecule has 0 bridgehead atoms. The highest BCUT2D eigenvalue weighted by atomic mass is 35.5. The van der Waals surface area contributed by atoms with Crippen LogP contribution in [-0.2, 0) is 10.3 Å². The number of aliphatic hydroxyl groups excluding tert-OH is 1. The van der Waals surface area contributed by atoms with Gasteiger partial charge in [-0.25, -0.2) is 12.7 Å². The number of halogens is 1. The molecule has 0 heterocycles. The lowest BCUT2D eigenvalue weighted by Crippen LogP contribution is -2.39. The van der Waals surface area contributed by atoms with Crippen molar-refractivity contribution in [1.29, 1.82) is 0 Å². The average Bonchev–Trinajstić information content (AvgIpc) is 2.38. The molecule has 21 heavy (non-hydrogen) atoms. The smallest absolute Gasteiger partial charge is 0.162 e. The number of hydrogen-bond acceptors (Lipinski definition) is 5. The molecule has 0 saturated carbocycles. The zero-order valence-corrected chi connectivity index (χ0v) is 13.7. The zero-order chi connectivity index (χ0) is 16.2. The molecular formula is C13H19ClNO5S-. The van der Waals surface area contributed by atoms with E-state index in [4.69, 9.17) is 16.3 Å². The number of ether oxygens (including phenoxy) is 1. The first-order chi connectivity index (χ1) is 9.65. The maximum absolute atomic E-state index is 10.9. The van der Waals surface area contributed by atoms with Gasteiger partial charge in [-0.05, 0) is 37.1 Å². The molecule has 0 saturated heterocycles. The predicted octanol–water partition coefficient (Wildman–Crippen LogP) is 1.48.